The number of aromatic amines is 1. The molecular formula is C21H24N2O6. The lowest BCUT2D eigenvalue weighted by Gasteiger charge is -2.43. The van der Waals surface area contributed by atoms with Crippen molar-refractivity contribution in [1.29, 1.82) is 0 Å². The minimum absolute atomic E-state index is 0.0406. The van der Waals surface area contributed by atoms with E-state index in [1.54, 1.807) is 37.3 Å². The standard InChI is InChI=1S/C21H24N2O6/c1-13-8-15(10-18(25)22-13)19(26)23-7-6-17(24)21(12-23,20(27)28)11-14-4-3-5-16(9-14)29-2/h3-5,8-10,17,24H,6-7,11-12H2,1-2H3,(H,22,25)(H,27,28)/t17-,21+/m0/s1. The number of hydrogen-bond donors (Lipinski definition) is 3. The Kier molecular flexibility index (Phi) is 5.74. The summed E-state index contributed by atoms with van der Waals surface area (Å²) in [6, 6.07) is 9.74. The Morgan fingerprint density at radius 3 is 2.72 bits per heavy atom. The predicted octanol–water partition coefficient (Wildman–Crippen LogP) is 1.21. The number of carbonyl (C=O) groups is 2. The molecule has 8 nitrogen and oxygen atoms in total. The van der Waals surface area contributed by atoms with Gasteiger partial charge in [-0.3, -0.25) is 14.4 Å². The summed E-state index contributed by atoms with van der Waals surface area (Å²) in [6.07, 6.45) is -0.945. The molecule has 2 heterocycles. The van der Waals surface area contributed by atoms with Crippen molar-refractivity contribution in [2.75, 3.05) is 20.2 Å². The Labute approximate surface area is 167 Å². The summed E-state index contributed by atoms with van der Waals surface area (Å²) in [5.74, 6) is -1.02. The van der Waals surface area contributed by atoms with Crippen LogP contribution in [0.1, 0.15) is 28.0 Å². The van der Waals surface area contributed by atoms with Gasteiger partial charge in [-0.15, -0.1) is 0 Å². The molecule has 1 fully saturated rings. The van der Waals surface area contributed by atoms with E-state index >= 15 is 0 Å². The minimum Gasteiger partial charge on any atom is -0.497 e. The highest BCUT2D eigenvalue weighted by Crippen LogP contribution is 2.36. The lowest BCUT2D eigenvalue weighted by molar-refractivity contribution is -0.161. The molecule has 1 aliphatic heterocycles. The number of carboxylic acid groups (broad SMARTS) is 1. The van der Waals surface area contributed by atoms with Gasteiger partial charge >= 0.3 is 5.97 Å². The lowest BCUT2D eigenvalue weighted by Crippen LogP contribution is -2.58. The van der Waals surface area contributed by atoms with Crippen LogP contribution < -0.4 is 10.3 Å². The molecule has 1 saturated heterocycles. The first-order valence-corrected chi connectivity index (χ1v) is 9.30. The molecule has 0 aliphatic carbocycles. The number of nitrogens with zero attached hydrogens (tertiary/aromatic N) is 1. The van der Waals surface area contributed by atoms with Gasteiger partial charge < -0.3 is 24.8 Å². The van der Waals surface area contributed by atoms with E-state index < -0.39 is 29.0 Å². The Morgan fingerprint density at radius 2 is 2.07 bits per heavy atom. The highest BCUT2D eigenvalue weighted by atomic mass is 16.5. The molecule has 0 spiro atoms. The normalized spacial score (nSPS) is 21.6. The van der Waals surface area contributed by atoms with Crippen LogP contribution >= 0.6 is 0 Å². The van der Waals surface area contributed by atoms with Gasteiger partial charge in [0.25, 0.3) is 5.91 Å². The van der Waals surface area contributed by atoms with Crippen LogP contribution in [0.2, 0.25) is 0 Å². The average Bonchev–Trinajstić information content (AvgIpc) is 2.68. The Morgan fingerprint density at radius 1 is 1.31 bits per heavy atom. The van der Waals surface area contributed by atoms with E-state index in [0.717, 1.165) is 0 Å². The summed E-state index contributed by atoms with van der Waals surface area (Å²) in [5, 5.41) is 20.7. The third-order valence-electron chi connectivity index (χ3n) is 5.38. The molecule has 3 rings (SSSR count). The quantitative estimate of drug-likeness (QED) is 0.694. The number of aliphatic hydroxyl groups is 1. The number of carboxylic acids is 1. The van der Waals surface area contributed by atoms with Crippen molar-refractivity contribution in [3.05, 3.63) is 63.6 Å². The molecule has 1 aromatic heterocycles. The highest BCUT2D eigenvalue weighted by Gasteiger charge is 2.50. The zero-order chi connectivity index (χ0) is 21.2. The maximum atomic E-state index is 13.0. The number of ether oxygens (including phenoxy) is 1. The van der Waals surface area contributed by atoms with Crippen LogP contribution in [0.3, 0.4) is 0 Å². The number of likely N-dealkylation sites (tertiary alicyclic amines) is 1. The first-order valence-electron chi connectivity index (χ1n) is 9.30. The fraction of sp³-hybridized carbons (Fsp3) is 0.381. The van der Waals surface area contributed by atoms with Crippen molar-refractivity contribution < 1.29 is 24.5 Å². The number of piperidine rings is 1. The second kappa shape index (κ2) is 8.08. The van der Waals surface area contributed by atoms with Gasteiger partial charge in [0, 0.05) is 30.4 Å². The monoisotopic (exact) mass is 400 g/mol. The number of benzene rings is 1. The van der Waals surface area contributed by atoms with E-state index in [1.807, 2.05) is 0 Å². The molecule has 2 atom stereocenters. The van der Waals surface area contributed by atoms with Crippen molar-refractivity contribution in [3.8, 4) is 5.75 Å². The zero-order valence-electron chi connectivity index (χ0n) is 16.3. The average molecular weight is 400 g/mol. The van der Waals surface area contributed by atoms with Crippen LogP contribution in [-0.4, -0.2) is 58.3 Å². The SMILES string of the molecule is COc1cccc(C[C@@]2(C(=O)O)CN(C(=O)c3cc(C)[nH]c(=O)c3)CC[C@@H]2O)c1. The van der Waals surface area contributed by atoms with Crippen molar-refractivity contribution in [2.45, 2.75) is 25.9 Å². The van der Waals surface area contributed by atoms with Crippen molar-refractivity contribution in [1.82, 2.24) is 9.88 Å². The maximum Gasteiger partial charge on any atom is 0.314 e. The van der Waals surface area contributed by atoms with Gasteiger partial charge in [0.2, 0.25) is 5.56 Å². The van der Waals surface area contributed by atoms with Crippen LogP contribution in [-0.2, 0) is 11.2 Å². The first-order chi connectivity index (χ1) is 13.7. The Hall–Kier alpha value is -3.13. The molecule has 1 aromatic carbocycles. The zero-order valence-corrected chi connectivity index (χ0v) is 16.3. The third-order valence-corrected chi connectivity index (χ3v) is 5.38. The van der Waals surface area contributed by atoms with Gasteiger partial charge in [0.1, 0.15) is 11.2 Å². The molecular weight excluding hydrogens is 376 g/mol. The Bertz CT molecular complexity index is 985. The van der Waals surface area contributed by atoms with Gasteiger partial charge in [0.15, 0.2) is 0 Å². The van der Waals surface area contributed by atoms with E-state index in [9.17, 15) is 24.6 Å². The highest BCUT2D eigenvalue weighted by molar-refractivity contribution is 5.94. The summed E-state index contributed by atoms with van der Waals surface area (Å²) in [5.41, 5.74) is -0.531. The first kappa shape index (κ1) is 20.6. The fourth-order valence-electron chi connectivity index (χ4n) is 3.85. The summed E-state index contributed by atoms with van der Waals surface area (Å²) in [7, 11) is 1.52. The predicted molar refractivity (Wildman–Crippen MR) is 105 cm³/mol. The molecule has 0 radical (unpaired) electrons. The summed E-state index contributed by atoms with van der Waals surface area (Å²) < 4.78 is 5.20. The minimum atomic E-state index is -1.56. The van der Waals surface area contributed by atoms with Gasteiger partial charge in [-0.1, -0.05) is 12.1 Å². The van der Waals surface area contributed by atoms with E-state index in [1.165, 1.54) is 18.1 Å². The molecule has 0 saturated carbocycles. The number of methoxy groups -OCH3 is 1. The number of aliphatic carboxylic acids is 1. The largest absolute Gasteiger partial charge is 0.497 e. The van der Waals surface area contributed by atoms with E-state index in [0.29, 0.717) is 17.0 Å². The lowest BCUT2D eigenvalue weighted by atomic mass is 9.72. The number of aryl methyl sites for hydroxylation is 1. The number of aliphatic hydroxyl groups excluding tert-OH is 1. The molecule has 0 bridgehead atoms. The molecule has 1 amide bonds. The van der Waals surface area contributed by atoms with Crippen molar-refractivity contribution in [2.24, 2.45) is 5.41 Å². The number of carbonyl (C=O) groups excluding carboxylic acids is 1. The van der Waals surface area contributed by atoms with Crippen LogP contribution in [0.4, 0.5) is 0 Å². The number of rotatable bonds is 5. The van der Waals surface area contributed by atoms with Crippen LogP contribution in [0, 0.1) is 12.3 Å². The molecule has 8 heteroatoms. The topological polar surface area (TPSA) is 120 Å². The Balaban J connectivity index is 1.93. The maximum absolute atomic E-state index is 13.0. The van der Waals surface area contributed by atoms with E-state index in [2.05, 4.69) is 4.98 Å². The van der Waals surface area contributed by atoms with Crippen molar-refractivity contribution in [3.63, 3.8) is 0 Å². The van der Waals surface area contributed by atoms with E-state index in [-0.39, 0.29) is 31.5 Å². The number of nitrogens with one attached hydrogen (secondary N) is 1. The fourth-order valence-corrected chi connectivity index (χ4v) is 3.85. The van der Waals surface area contributed by atoms with Gasteiger partial charge in [0.05, 0.1) is 13.2 Å². The smallest absolute Gasteiger partial charge is 0.314 e. The summed E-state index contributed by atoms with van der Waals surface area (Å²) in [6.45, 7) is 1.72. The van der Waals surface area contributed by atoms with Crippen molar-refractivity contribution >= 4 is 11.9 Å². The molecule has 1 aliphatic rings. The molecule has 29 heavy (non-hydrogen) atoms. The molecule has 3 N–H and O–H groups in total. The number of aromatic nitrogens is 1. The number of hydrogen-bond acceptors (Lipinski definition) is 5. The van der Waals surface area contributed by atoms with Crippen LogP contribution in [0.25, 0.3) is 0 Å². The number of H-pyrrole nitrogens is 1. The van der Waals surface area contributed by atoms with Crippen LogP contribution in [0.15, 0.2) is 41.2 Å². The second-order valence-corrected chi connectivity index (χ2v) is 7.44. The molecule has 154 valence electrons. The van der Waals surface area contributed by atoms with E-state index in [4.69, 9.17) is 4.74 Å². The van der Waals surface area contributed by atoms with Gasteiger partial charge in [-0.25, -0.2) is 0 Å². The van der Waals surface area contributed by atoms with Gasteiger partial charge in [-0.2, -0.15) is 0 Å². The summed E-state index contributed by atoms with van der Waals surface area (Å²) >= 11 is 0. The number of pyridine rings is 1. The summed E-state index contributed by atoms with van der Waals surface area (Å²) in [4.78, 5) is 40.9. The van der Waals surface area contributed by atoms with Crippen LogP contribution in [0.5, 0.6) is 5.75 Å². The molecule has 2 aromatic rings. The molecule has 0 unspecified atom stereocenters. The third kappa shape index (κ3) is 4.17. The number of amides is 1. The van der Waals surface area contributed by atoms with Gasteiger partial charge in [-0.05, 0) is 43.5 Å². The second-order valence-electron chi connectivity index (χ2n) is 7.44.